The molecule has 3 N–H and O–H groups in total. The predicted octanol–water partition coefficient (Wildman–Crippen LogP) is 9.99. The fraction of sp³-hybridized carbons (Fsp3) is 0.444. The largest absolute Gasteiger partial charge is 0.444 e. The lowest BCUT2D eigenvalue weighted by atomic mass is 10.0. The molecule has 1 amide bonds. The Balaban J connectivity index is 0.000000224. The van der Waals surface area contributed by atoms with Gasteiger partial charge in [-0.1, -0.05) is 48.5 Å². The van der Waals surface area contributed by atoms with Crippen molar-refractivity contribution in [2.24, 2.45) is 5.73 Å². The Bertz CT molecular complexity index is 1690. The number of nitrogens with two attached hydrogens (primary N) is 1. The van der Waals surface area contributed by atoms with Crippen LogP contribution in [0.5, 0.6) is 0 Å². The number of hydrogen-bond acceptors (Lipinski definition) is 7. The highest BCUT2D eigenvalue weighted by Crippen LogP contribution is 2.37. The molecule has 6 nitrogen and oxygen atoms in total. The minimum atomic E-state index is -0.492. The number of thioether (sulfide) groups is 2. The smallest absolute Gasteiger partial charge is 0.407 e. The van der Waals surface area contributed by atoms with Gasteiger partial charge in [-0.25, -0.2) is 22.4 Å². The van der Waals surface area contributed by atoms with E-state index in [4.69, 9.17) is 10.5 Å². The Kier molecular flexibility index (Phi) is 17.2. The Morgan fingerprint density at radius 3 is 1.26 bits per heavy atom. The van der Waals surface area contributed by atoms with E-state index in [2.05, 4.69) is 15.1 Å². The van der Waals surface area contributed by atoms with E-state index >= 15 is 0 Å². The lowest BCUT2D eigenvalue weighted by Gasteiger charge is -2.33. The standard InChI is InChI=1S/C25H32F2N2O2S.C20H24F2N2S/c1-25(2,3)31-24(30)28-22-12-14-29(15-13-22)16-17-32-23(18-4-8-20(26)9-5-18)19-6-10-21(27)11-7-19;21-17-5-1-15(2-6-17)20(16-3-7-18(22)8-4-16)25-14-13-24-11-9-19(23)10-12-24/h4-11,22-23H,12-17H2,1-3H3,(H,28,30);1-8,19-20H,9-14,23H2. The number of ether oxygens (including phenoxy) is 1. The average molecular weight is 825 g/mol. The van der Waals surface area contributed by atoms with Crippen LogP contribution in [0.1, 0.15) is 79.2 Å². The van der Waals surface area contributed by atoms with Crippen LogP contribution in [0.25, 0.3) is 0 Å². The molecule has 0 aliphatic carbocycles. The van der Waals surface area contributed by atoms with Gasteiger partial charge in [-0.2, -0.15) is 0 Å². The summed E-state index contributed by atoms with van der Waals surface area (Å²) in [4.78, 5) is 16.8. The molecule has 0 spiro atoms. The zero-order valence-corrected chi connectivity index (χ0v) is 34.8. The number of hydrogen-bond donors (Lipinski definition) is 2. The molecule has 4 aromatic rings. The van der Waals surface area contributed by atoms with Gasteiger partial charge in [-0.05, 0) is 130 Å². The quantitative estimate of drug-likeness (QED) is 0.130. The van der Waals surface area contributed by atoms with Crippen LogP contribution in [0.4, 0.5) is 22.4 Å². The number of carbonyl (C=O) groups is 1. The molecular weight excluding hydrogens is 769 g/mol. The monoisotopic (exact) mass is 824 g/mol. The van der Waals surface area contributed by atoms with Gasteiger partial charge >= 0.3 is 6.09 Å². The number of halogens is 4. The van der Waals surface area contributed by atoms with E-state index in [9.17, 15) is 22.4 Å². The Labute approximate surface area is 344 Å². The first-order chi connectivity index (χ1) is 27.3. The number of rotatable bonds is 13. The number of nitrogens with one attached hydrogen (secondary N) is 1. The third kappa shape index (κ3) is 15.3. The molecule has 57 heavy (non-hydrogen) atoms. The minimum Gasteiger partial charge on any atom is -0.444 e. The van der Waals surface area contributed by atoms with Crippen molar-refractivity contribution in [3.8, 4) is 0 Å². The Morgan fingerprint density at radius 1 is 0.632 bits per heavy atom. The van der Waals surface area contributed by atoms with Crippen molar-refractivity contribution in [2.45, 2.75) is 74.6 Å². The first-order valence-corrected chi connectivity index (χ1v) is 21.9. The minimum absolute atomic E-state index is 0.0163. The van der Waals surface area contributed by atoms with E-state index in [1.165, 1.54) is 48.5 Å². The van der Waals surface area contributed by atoms with Crippen molar-refractivity contribution in [3.63, 3.8) is 0 Å². The summed E-state index contributed by atoms with van der Waals surface area (Å²) >= 11 is 3.59. The molecule has 0 bridgehead atoms. The van der Waals surface area contributed by atoms with Crippen molar-refractivity contribution in [1.82, 2.24) is 15.1 Å². The van der Waals surface area contributed by atoms with Crippen LogP contribution in [-0.2, 0) is 4.74 Å². The van der Waals surface area contributed by atoms with Gasteiger partial charge in [-0.15, -0.1) is 23.5 Å². The third-order valence-electron chi connectivity index (χ3n) is 10.0. The van der Waals surface area contributed by atoms with Crippen LogP contribution in [0, 0.1) is 23.3 Å². The van der Waals surface area contributed by atoms with Crippen LogP contribution in [0.2, 0.25) is 0 Å². The van der Waals surface area contributed by atoms with Gasteiger partial charge in [0.2, 0.25) is 0 Å². The van der Waals surface area contributed by atoms with Gasteiger partial charge in [0.25, 0.3) is 0 Å². The highest BCUT2D eigenvalue weighted by molar-refractivity contribution is 8.00. The summed E-state index contributed by atoms with van der Waals surface area (Å²) in [7, 11) is 0. The van der Waals surface area contributed by atoms with Gasteiger partial charge in [0, 0.05) is 49.8 Å². The molecule has 308 valence electrons. The zero-order chi connectivity index (χ0) is 40.8. The van der Waals surface area contributed by atoms with E-state index in [0.717, 1.165) is 98.7 Å². The van der Waals surface area contributed by atoms with Crippen LogP contribution < -0.4 is 11.1 Å². The maximum Gasteiger partial charge on any atom is 0.407 e. The number of piperidine rings is 2. The summed E-state index contributed by atoms with van der Waals surface area (Å²) in [6, 6.07) is 26.7. The average Bonchev–Trinajstić information content (AvgIpc) is 3.18. The molecule has 2 aliphatic heterocycles. The van der Waals surface area contributed by atoms with Crippen LogP contribution in [0.15, 0.2) is 97.1 Å². The molecule has 2 saturated heterocycles. The fourth-order valence-corrected chi connectivity index (χ4v) is 9.47. The van der Waals surface area contributed by atoms with Crippen molar-refractivity contribution in [3.05, 3.63) is 143 Å². The Morgan fingerprint density at radius 2 is 0.947 bits per heavy atom. The number of benzene rings is 4. The summed E-state index contributed by atoms with van der Waals surface area (Å²) in [5, 5.41) is 3.06. The van der Waals surface area contributed by atoms with Gasteiger partial charge in [0.15, 0.2) is 0 Å². The summed E-state index contributed by atoms with van der Waals surface area (Å²) < 4.78 is 58.7. The molecule has 2 aliphatic rings. The van der Waals surface area contributed by atoms with E-state index in [1.807, 2.05) is 56.8 Å². The molecule has 2 heterocycles. The van der Waals surface area contributed by atoms with Crippen molar-refractivity contribution < 1.29 is 27.1 Å². The molecule has 0 aromatic heterocycles. The summed E-state index contributed by atoms with van der Waals surface area (Å²) in [5.41, 5.74) is 9.55. The van der Waals surface area contributed by atoms with Gasteiger partial charge < -0.3 is 25.6 Å². The fourth-order valence-electron chi connectivity index (χ4n) is 6.87. The second kappa shape index (κ2) is 22.0. The molecule has 2 fully saturated rings. The second-order valence-electron chi connectivity index (χ2n) is 15.6. The van der Waals surface area contributed by atoms with Crippen molar-refractivity contribution in [1.29, 1.82) is 0 Å². The lowest BCUT2D eigenvalue weighted by Crippen LogP contribution is -2.46. The second-order valence-corrected chi connectivity index (χ2v) is 18.1. The summed E-state index contributed by atoms with van der Waals surface area (Å²) in [6.07, 6.45) is 3.55. The molecule has 0 unspecified atom stereocenters. The van der Waals surface area contributed by atoms with Crippen molar-refractivity contribution in [2.75, 3.05) is 50.8 Å². The van der Waals surface area contributed by atoms with Gasteiger partial charge in [0.05, 0.1) is 10.5 Å². The number of alkyl carbamates (subject to hydrolysis) is 1. The van der Waals surface area contributed by atoms with Gasteiger partial charge in [0.1, 0.15) is 28.9 Å². The number of carbonyl (C=O) groups excluding carboxylic acids is 1. The SMILES string of the molecule is CC(C)(C)OC(=O)NC1CCN(CCSC(c2ccc(F)cc2)c2ccc(F)cc2)CC1.NC1CCN(CCSC(c2ccc(F)cc2)c2ccc(F)cc2)CC1. The van der Waals surface area contributed by atoms with Crippen molar-refractivity contribution >= 4 is 29.6 Å². The maximum absolute atomic E-state index is 13.4. The molecule has 12 heteroatoms. The first-order valence-electron chi connectivity index (χ1n) is 19.8. The van der Waals surface area contributed by atoms with Crippen LogP contribution in [0.3, 0.4) is 0 Å². The van der Waals surface area contributed by atoms with E-state index in [-0.39, 0.29) is 45.9 Å². The van der Waals surface area contributed by atoms with Crippen LogP contribution >= 0.6 is 23.5 Å². The summed E-state index contributed by atoms with van der Waals surface area (Å²) in [5.74, 6) is 0.851. The normalized spacial score (nSPS) is 16.0. The molecule has 0 radical (unpaired) electrons. The molecule has 0 saturated carbocycles. The lowest BCUT2D eigenvalue weighted by molar-refractivity contribution is 0.0480. The maximum atomic E-state index is 13.4. The number of amides is 1. The highest BCUT2D eigenvalue weighted by Gasteiger charge is 2.24. The number of likely N-dealkylation sites (tertiary alicyclic amines) is 2. The number of nitrogens with zero attached hydrogens (tertiary/aromatic N) is 2. The molecule has 6 rings (SSSR count). The molecule has 4 aromatic carbocycles. The van der Waals surface area contributed by atoms with E-state index in [0.29, 0.717) is 6.04 Å². The summed E-state index contributed by atoms with van der Waals surface area (Å²) in [6.45, 7) is 11.4. The van der Waals surface area contributed by atoms with Gasteiger partial charge in [-0.3, -0.25) is 0 Å². The molecule has 0 atom stereocenters. The Hall–Kier alpha value is -3.55. The van der Waals surface area contributed by atoms with Crippen LogP contribution in [-0.4, -0.2) is 84.4 Å². The third-order valence-corrected chi connectivity index (χ3v) is 12.6. The molecular formula is C45H56F4N4O2S2. The highest BCUT2D eigenvalue weighted by atomic mass is 32.2. The zero-order valence-electron chi connectivity index (χ0n) is 33.1. The van der Waals surface area contributed by atoms with E-state index < -0.39 is 5.60 Å². The topological polar surface area (TPSA) is 70.8 Å². The first kappa shape index (κ1) is 44.6. The van der Waals surface area contributed by atoms with E-state index in [1.54, 1.807) is 36.0 Å². The predicted molar refractivity (Wildman–Crippen MR) is 227 cm³/mol.